The van der Waals surface area contributed by atoms with Crippen LogP contribution in [0, 0.1) is 0 Å². The molecule has 0 aliphatic carbocycles. The summed E-state index contributed by atoms with van der Waals surface area (Å²) in [6, 6.07) is 23.5. The van der Waals surface area contributed by atoms with Gasteiger partial charge in [0.15, 0.2) is 0 Å². The van der Waals surface area contributed by atoms with Crippen LogP contribution in [0.5, 0.6) is 0 Å². The smallest absolute Gasteiger partial charge is 0.248 e. The van der Waals surface area contributed by atoms with Crippen LogP contribution in [0.3, 0.4) is 0 Å². The fraction of sp³-hybridized carbons (Fsp3) is 0.208. The Morgan fingerprint density at radius 2 is 1.67 bits per heavy atom. The Morgan fingerprint density at radius 1 is 0.900 bits per heavy atom. The number of rotatable bonds is 5. The quantitative estimate of drug-likeness (QED) is 0.633. The lowest BCUT2D eigenvalue weighted by molar-refractivity contribution is -0.123. The van der Waals surface area contributed by atoms with Gasteiger partial charge >= 0.3 is 0 Å². The van der Waals surface area contributed by atoms with E-state index >= 15 is 0 Å². The average molecular weight is 418 g/mol. The Hall–Kier alpha value is -3.12. The number of nitrogens with zero attached hydrogens (tertiary/aromatic N) is 3. The Labute approximate surface area is 180 Å². The first-order valence-electron chi connectivity index (χ1n) is 10.00. The summed E-state index contributed by atoms with van der Waals surface area (Å²) in [5.41, 5.74) is 2.67. The first kappa shape index (κ1) is 20.2. The average Bonchev–Trinajstić information content (AvgIpc) is 2.79. The van der Waals surface area contributed by atoms with Crippen LogP contribution < -0.4 is 10.4 Å². The minimum atomic E-state index is -0.281. The van der Waals surface area contributed by atoms with Gasteiger partial charge in [-0.25, -0.2) is 0 Å². The molecule has 0 spiro atoms. The molecule has 5 nitrogen and oxygen atoms in total. The van der Waals surface area contributed by atoms with E-state index < -0.39 is 0 Å². The van der Waals surface area contributed by atoms with Gasteiger partial charge in [-0.2, -0.15) is 4.99 Å². The molecule has 0 N–H and O–H groups in total. The predicted octanol–water partition coefficient (Wildman–Crippen LogP) is 3.88. The second kappa shape index (κ2) is 9.59. The fourth-order valence-corrected chi connectivity index (χ4v) is 4.44. The van der Waals surface area contributed by atoms with E-state index in [0.29, 0.717) is 18.6 Å². The molecule has 0 atom stereocenters. The van der Waals surface area contributed by atoms with Crippen molar-refractivity contribution < 1.29 is 9.59 Å². The van der Waals surface area contributed by atoms with Crippen molar-refractivity contribution in [2.75, 3.05) is 17.2 Å². The topological polar surface area (TPSA) is 54.7 Å². The number of thioether (sulfide) groups is 1. The van der Waals surface area contributed by atoms with E-state index in [2.05, 4.69) is 4.99 Å². The van der Waals surface area contributed by atoms with Crippen molar-refractivity contribution in [3.63, 3.8) is 0 Å². The molecule has 1 aliphatic heterocycles. The summed E-state index contributed by atoms with van der Waals surface area (Å²) in [4.78, 5) is 32.4. The maximum atomic E-state index is 12.7. The van der Waals surface area contributed by atoms with Gasteiger partial charge in [0.2, 0.25) is 11.8 Å². The minimum absolute atomic E-state index is 0.0310. The Bertz CT molecular complexity index is 1110. The van der Waals surface area contributed by atoms with E-state index in [0.717, 1.165) is 21.9 Å². The number of carbonyl (C=O) groups excluding carboxylic acids is 2. The number of amides is 2. The molecule has 0 saturated heterocycles. The molecule has 152 valence electrons. The highest BCUT2D eigenvalue weighted by Gasteiger charge is 2.22. The zero-order chi connectivity index (χ0) is 20.8. The number of benzene rings is 2. The van der Waals surface area contributed by atoms with Crippen molar-refractivity contribution in [2.24, 2.45) is 4.99 Å². The van der Waals surface area contributed by atoms with Crippen molar-refractivity contribution >= 4 is 29.3 Å². The van der Waals surface area contributed by atoms with Crippen LogP contribution in [0.15, 0.2) is 88.9 Å². The van der Waals surface area contributed by atoms with Crippen LogP contribution in [-0.4, -0.2) is 28.7 Å². The van der Waals surface area contributed by atoms with Gasteiger partial charge in [0.1, 0.15) is 5.49 Å². The molecule has 1 aromatic heterocycles. The third-order valence-corrected chi connectivity index (χ3v) is 5.98. The zero-order valence-corrected chi connectivity index (χ0v) is 17.4. The summed E-state index contributed by atoms with van der Waals surface area (Å²) in [5, 5.41) is 0. The van der Waals surface area contributed by atoms with Gasteiger partial charge in [0, 0.05) is 42.8 Å². The van der Waals surface area contributed by atoms with Crippen LogP contribution in [-0.2, 0) is 16.1 Å². The van der Waals surface area contributed by atoms with Crippen molar-refractivity contribution in [3.05, 3.63) is 90.0 Å². The lowest BCUT2D eigenvalue weighted by Crippen LogP contribution is -2.35. The molecular formula is C24H23N3O2S. The van der Waals surface area contributed by atoms with Crippen LogP contribution in [0.4, 0.5) is 5.69 Å². The summed E-state index contributed by atoms with van der Waals surface area (Å²) in [5.74, 6) is 0.553. The van der Waals surface area contributed by atoms with Crippen LogP contribution in [0.1, 0.15) is 18.4 Å². The van der Waals surface area contributed by atoms with Gasteiger partial charge in [-0.1, -0.05) is 48.5 Å². The Kier molecular flexibility index (Phi) is 6.44. The number of aromatic nitrogens is 1. The van der Waals surface area contributed by atoms with Crippen molar-refractivity contribution in [1.82, 2.24) is 4.57 Å². The lowest BCUT2D eigenvalue weighted by atomic mass is 10.2. The molecule has 0 unspecified atom stereocenters. The molecule has 1 aliphatic rings. The zero-order valence-electron chi connectivity index (χ0n) is 16.6. The van der Waals surface area contributed by atoms with E-state index in [1.165, 1.54) is 0 Å². The number of hydrogen-bond donors (Lipinski definition) is 0. The molecule has 3 aromatic rings. The second-order valence-corrected chi connectivity index (χ2v) is 8.18. The number of carbonyl (C=O) groups is 2. The summed E-state index contributed by atoms with van der Waals surface area (Å²) >= 11 is 1.76. The van der Waals surface area contributed by atoms with E-state index in [-0.39, 0.29) is 24.7 Å². The molecule has 0 fully saturated rings. The minimum Gasteiger partial charge on any atom is -0.329 e. The van der Waals surface area contributed by atoms with E-state index in [9.17, 15) is 9.59 Å². The molecule has 2 aromatic carbocycles. The second-order valence-electron chi connectivity index (χ2n) is 7.04. The highest BCUT2D eigenvalue weighted by molar-refractivity contribution is 7.99. The first-order chi connectivity index (χ1) is 14.7. The number of hydrogen-bond acceptors (Lipinski definition) is 3. The summed E-state index contributed by atoms with van der Waals surface area (Å²) < 4.78 is 1.94. The molecule has 0 radical (unpaired) electrons. The lowest BCUT2D eigenvalue weighted by Gasteiger charge is -2.28. The van der Waals surface area contributed by atoms with Gasteiger partial charge in [0.25, 0.3) is 0 Å². The molecule has 6 heteroatoms. The summed E-state index contributed by atoms with van der Waals surface area (Å²) in [6.07, 6.45) is 2.17. The fourth-order valence-electron chi connectivity index (χ4n) is 3.44. The van der Waals surface area contributed by atoms with Crippen molar-refractivity contribution in [2.45, 2.75) is 24.3 Å². The van der Waals surface area contributed by atoms with Crippen LogP contribution >= 0.6 is 11.8 Å². The molecule has 30 heavy (non-hydrogen) atoms. The van der Waals surface area contributed by atoms with Crippen LogP contribution in [0.25, 0.3) is 0 Å². The number of fused-ring (bicyclic) bond motifs is 1. The van der Waals surface area contributed by atoms with Gasteiger partial charge in [0.05, 0.1) is 5.69 Å². The third-order valence-electron chi connectivity index (χ3n) is 4.93. The van der Waals surface area contributed by atoms with Crippen LogP contribution in [0.2, 0.25) is 0 Å². The standard InChI is InChI=1S/C24H23N3O2S/c28-23(13-14-24(29)27-16-17-30-21-11-5-4-10-20(21)27)25-22-12-6-7-15-26(22)18-19-8-2-1-3-9-19/h1-12,15H,13-14,16-18H2. The molecular weight excluding hydrogens is 394 g/mol. The van der Waals surface area contributed by atoms with Gasteiger partial charge in [-0.3, -0.25) is 9.59 Å². The maximum absolute atomic E-state index is 12.7. The first-order valence-corrected chi connectivity index (χ1v) is 11.0. The molecule has 2 amide bonds. The molecule has 0 saturated carbocycles. The van der Waals surface area contributed by atoms with Gasteiger partial charge in [-0.15, -0.1) is 11.8 Å². The molecule has 2 heterocycles. The van der Waals surface area contributed by atoms with Crippen molar-refractivity contribution in [1.29, 1.82) is 0 Å². The predicted molar refractivity (Wildman–Crippen MR) is 119 cm³/mol. The van der Waals surface area contributed by atoms with Crippen molar-refractivity contribution in [3.8, 4) is 0 Å². The Morgan fingerprint density at radius 3 is 2.53 bits per heavy atom. The summed E-state index contributed by atoms with van der Waals surface area (Å²) in [6.45, 7) is 1.30. The molecule has 0 bridgehead atoms. The monoisotopic (exact) mass is 417 g/mol. The van der Waals surface area contributed by atoms with E-state index in [1.54, 1.807) is 16.7 Å². The number of pyridine rings is 1. The highest BCUT2D eigenvalue weighted by atomic mass is 32.2. The number of para-hydroxylation sites is 1. The Balaban J connectivity index is 1.43. The van der Waals surface area contributed by atoms with Gasteiger partial charge in [-0.05, 0) is 29.8 Å². The molecule has 4 rings (SSSR count). The third kappa shape index (κ3) is 4.89. The summed E-state index contributed by atoms with van der Waals surface area (Å²) in [7, 11) is 0. The largest absolute Gasteiger partial charge is 0.329 e. The SMILES string of the molecule is O=C(CCC(=O)N1CCSc2ccccc21)N=c1ccccn1Cc1ccccc1. The van der Waals surface area contributed by atoms with E-state index in [4.69, 9.17) is 0 Å². The number of anilines is 1. The van der Waals surface area contributed by atoms with Gasteiger partial charge < -0.3 is 9.47 Å². The highest BCUT2D eigenvalue weighted by Crippen LogP contribution is 2.34. The normalized spacial score (nSPS) is 13.7. The maximum Gasteiger partial charge on any atom is 0.248 e. The van der Waals surface area contributed by atoms with E-state index in [1.807, 2.05) is 83.6 Å².